The van der Waals surface area contributed by atoms with E-state index in [0.29, 0.717) is 11.8 Å². The molecule has 0 radical (unpaired) electrons. The molecule has 2 rings (SSSR count). The minimum absolute atomic E-state index is 0.00783. The Kier molecular flexibility index (Phi) is 6.25. The minimum Gasteiger partial charge on any atom is -0.394 e. The molecule has 1 fully saturated rings. The second kappa shape index (κ2) is 8.18. The third-order valence-corrected chi connectivity index (χ3v) is 4.91. The van der Waals surface area contributed by atoms with Gasteiger partial charge in [-0.25, -0.2) is 4.79 Å². The van der Waals surface area contributed by atoms with Crippen molar-refractivity contribution >= 4 is 6.03 Å². The number of aliphatic hydroxyl groups is 1. The van der Waals surface area contributed by atoms with E-state index in [2.05, 4.69) is 35.6 Å². The lowest BCUT2D eigenvalue weighted by Gasteiger charge is -2.30. The summed E-state index contributed by atoms with van der Waals surface area (Å²) in [4.78, 5) is 13.5. The molecule has 4 heteroatoms. The van der Waals surface area contributed by atoms with Gasteiger partial charge in [0.05, 0.1) is 12.6 Å². The molecule has 0 aliphatic heterocycles. The summed E-state index contributed by atoms with van der Waals surface area (Å²) in [6.07, 6.45) is 4.74. The Hall–Kier alpha value is -1.55. The predicted molar refractivity (Wildman–Crippen MR) is 88.9 cm³/mol. The fourth-order valence-electron chi connectivity index (χ4n) is 3.10. The summed E-state index contributed by atoms with van der Waals surface area (Å²) in [7, 11) is 1.72. The number of nitrogens with zero attached hydrogens (tertiary/aromatic N) is 1. The number of benzene rings is 1. The van der Waals surface area contributed by atoms with E-state index in [1.165, 1.54) is 31.2 Å². The predicted octanol–water partition coefficient (Wildman–Crippen LogP) is 2.98. The maximum atomic E-state index is 12.0. The van der Waals surface area contributed by atoms with Crippen LogP contribution in [0.2, 0.25) is 0 Å². The number of likely N-dealkylation sites (N-methyl/N-ethyl adjacent to an activating group) is 1. The van der Waals surface area contributed by atoms with Crippen LogP contribution in [-0.2, 0) is 0 Å². The molecule has 0 bridgehead atoms. The van der Waals surface area contributed by atoms with Gasteiger partial charge in [-0.3, -0.25) is 0 Å². The normalized spacial score (nSPS) is 22.9. The van der Waals surface area contributed by atoms with Gasteiger partial charge in [-0.15, -0.1) is 0 Å². The standard InChI is InChI=1S/C18H28N2O2/c1-14(13-21)20(2)18(22)19-12-15-8-10-17(11-9-15)16-6-4-3-5-7-16/h3-7,14-15,17,21H,8-13H2,1-2H3,(H,19,22). The van der Waals surface area contributed by atoms with Gasteiger partial charge in [-0.1, -0.05) is 30.3 Å². The molecule has 1 aromatic rings. The van der Waals surface area contributed by atoms with Crippen LogP contribution in [0.25, 0.3) is 0 Å². The zero-order chi connectivity index (χ0) is 15.9. The molecule has 2 amide bonds. The van der Waals surface area contributed by atoms with E-state index in [0.717, 1.165) is 6.54 Å². The van der Waals surface area contributed by atoms with E-state index in [9.17, 15) is 4.79 Å². The number of rotatable bonds is 5. The van der Waals surface area contributed by atoms with Gasteiger partial charge in [0.15, 0.2) is 0 Å². The first-order valence-corrected chi connectivity index (χ1v) is 8.28. The summed E-state index contributed by atoms with van der Waals surface area (Å²) >= 11 is 0. The first-order valence-electron chi connectivity index (χ1n) is 8.28. The molecule has 122 valence electrons. The molecule has 0 saturated heterocycles. The summed E-state index contributed by atoms with van der Waals surface area (Å²) in [5.41, 5.74) is 1.45. The zero-order valence-electron chi connectivity index (χ0n) is 13.7. The van der Waals surface area contributed by atoms with Crippen LogP contribution in [0.1, 0.15) is 44.1 Å². The first kappa shape index (κ1) is 16.8. The molecule has 1 atom stereocenters. The SMILES string of the molecule is CC(CO)N(C)C(=O)NCC1CCC(c2ccccc2)CC1. The lowest BCUT2D eigenvalue weighted by atomic mass is 9.79. The molecule has 0 aromatic heterocycles. The molecule has 1 aromatic carbocycles. The van der Waals surface area contributed by atoms with Crippen molar-refractivity contribution in [2.75, 3.05) is 20.2 Å². The van der Waals surface area contributed by atoms with Crippen molar-refractivity contribution < 1.29 is 9.90 Å². The molecule has 0 heterocycles. The van der Waals surface area contributed by atoms with Crippen LogP contribution in [0.15, 0.2) is 30.3 Å². The molecule has 1 aliphatic rings. The summed E-state index contributed by atoms with van der Waals surface area (Å²) in [5.74, 6) is 1.24. The van der Waals surface area contributed by atoms with Crippen LogP contribution < -0.4 is 5.32 Å². The Labute approximate surface area is 133 Å². The Morgan fingerprint density at radius 1 is 1.27 bits per heavy atom. The van der Waals surface area contributed by atoms with Gasteiger partial charge in [0.2, 0.25) is 0 Å². The van der Waals surface area contributed by atoms with Gasteiger partial charge in [-0.2, -0.15) is 0 Å². The number of hydrogen-bond donors (Lipinski definition) is 2. The van der Waals surface area contributed by atoms with Gasteiger partial charge in [0.25, 0.3) is 0 Å². The van der Waals surface area contributed by atoms with Crippen LogP contribution in [0.4, 0.5) is 4.79 Å². The van der Waals surface area contributed by atoms with Crippen LogP contribution in [0, 0.1) is 5.92 Å². The van der Waals surface area contributed by atoms with Crippen molar-refractivity contribution in [3.63, 3.8) is 0 Å². The Balaban J connectivity index is 1.73. The highest BCUT2D eigenvalue weighted by Gasteiger charge is 2.23. The molecule has 22 heavy (non-hydrogen) atoms. The summed E-state index contributed by atoms with van der Waals surface area (Å²) in [5, 5.41) is 12.1. The number of carbonyl (C=O) groups excluding carboxylic acids is 1. The van der Waals surface area contributed by atoms with Crippen LogP contribution in [0.5, 0.6) is 0 Å². The number of hydrogen-bond acceptors (Lipinski definition) is 2. The highest BCUT2D eigenvalue weighted by molar-refractivity contribution is 5.74. The van der Waals surface area contributed by atoms with Crippen LogP contribution in [-0.4, -0.2) is 42.3 Å². The number of aliphatic hydroxyl groups excluding tert-OH is 1. The third kappa shape index (κ3) is 4.47. The van der Waals surface area contributed by atoms with Gasteiger partial charge >= 0.3 is 6.03 Å². The molecule has 1 aliphatic carbocycles. The Bertz CT molecular complexity index is 455. The third-order valence-electron chi connectivity index (χ3n) is 4.91. The van der Waals surface area contributed by atoms with E-state index in [1.807, 2.05) is 6.92 Å². The highest BCUT2D eigenvalue weighted by Crippen LogP contribution is 2.35. The molecular formula is C18H28N2O2. The van der Waals surface area contributed by atoms with Crippen molar-refractivity contribution in [1.29, 1.82) is 0 Å². The summed E-state index contributed by atoms with van der Waals surface area (Å²) < 4.78 is 0. The van der Waals surface area contributed by atoms with Crippen LogP contribution >= 0.6 is 0 Å². The van der Waals surface area contributed by atoms with Crippen molar-refractivity contribution in [2.24, 2.45) is 5.92 Å². The van der Waals surface area contributed by atoms with Gasteiger partial charge in [0, 0.05) is 13.6 Å². The van der Waals surface area contributed by atoms with E-state index in [4.69, 9.17) is 5.11 Å². The van der Waals surface area contributed by atoms with E-state index < -0.39 is 0 Å². The molecule has 1 unspecified atom stereocenters. The average Bonchev–Trinajstić information content (AvgIpc) is 2.59. The highest BCUT2D eigenvalue weighted by atomic mass is 16.3. The molecule has 0 spiro atoms. The molecule has 2 N–H and O–H groups in total. The summed E-state index contributed by atoms with van der Waals surface area (Å²) in [6.45, 7) is 2.57. The number of nitrogens with one attached hydrogen (secondary N) is 1. The lowest BCUT2D eigenvalue weighted by molar-refractivity contribution is 0.155. The maximum Gasteiger partial charge on any atom is 0.317 e. The Morgan fingerprint density at radius 3 is 2.50 bits per heavy atom. The second-order valence-electron chi connectivity index (χ2n) is 6.46. The summed E-state index contributed by atoms with van der Waals surface area (Å²) in [6, 6.07) is 10.5. The largest absolute Gasteiger partial charge is 0.394 e. The van der Waals surface area contributed by atoms with Gasteiger partial charge in [-0.05, 0) is 50.0 Å². The molecule has 1 saturated carbocycles. The van der Waals surface area contributed by atoms with Crippen molar-refractivity contribution in [1.82, 2.24) is 10.2 Å². The maximum absolute atomic E-state index is 12.0. The quantitative estimate of drug-likeness (QED) is 0.878. The van der Waals surface area contributed by atoms with E-state index in [1.54, 1.807) is 11.9 Å². The lowest BCUT2D eigenvalue weighted by Crippen LogP contribution is -2.45. The fourth-order valence-corrected chi connectivity index (χ4v) is 3.10. The second-order valence-corrected chi connectivity index (χ2v) is 6.46. The fraction of sp³-hybridized carbons (Fsp3) is 0.611. The van der Waals surface area contributed by atoms with Crippen molar-refractivity contribution in [2.45, 2.75) is 44.6 Å². The van der Waals surface area contributed by atoms with Crippen LogP contribution in [0.3, 0.4) is 0 Å². The number of amides is 2. The minimum atomic E-state index is -0.145. The van der Waals surface area contributed by atoms with Crippen molar-refractivity contribution in [3.8, 4) is 0 Å². The smallest absolute Gasteiger partial charge is 0.317 e. The zero-order valence-corrected chi connectivity index (χ0v) is 13.7. The molecule has 4 nitrogen and oxygen atoms in total. The topological polar surface area (TPSA) is 52.6 Å². The van der Waals surface area contributed by atoms with E-state index >= 15 is 0 Å². The van der Waals surface area contributed by atoms with Gasteiger partial charge in [0.1, 0.15) is 0 Å². The monoisotopic (exact) mass is 304 g/mol. The first-order chi connectivity index (χ1) is 10.6. The molecular weight excluding hydrogens is 276 g/mol. The van der Waals surface area contributed by atoms with Gasteiger partial charge < -0.3 is 15.3 Å². The number of urea groups is 1. The van der Waals surface area contributed by atoms with Crippen molar-refractivity contribution in [3.05, 3.63) is 35.9 Å². The average molecular weight is 304 g/mol. The Morgan fingerprint density at radius 2 is 1.91 bits per heavy atom. The number of carbonyl (C=O) groups is 1. The van der Waals surface area contributed by atoms with E-state index in [-0.39, 0.29) is 18.7 Å².